The molecule has 0 aliphatic carbocycles. The molecule has 1 aromatic heterocycles. The zero-order valence-electron chi connectivity index (χ0n) is 9.79. The van der Waals surface area contributed by atoms with Crippen LogP contribution in [0.3, 0.4) is 0 Å². The molecule has 0 fully saturated rings. The first kappa shape index (κ1) is 12.3. The molecule has 0 aliphatic heterocycles. The van der Waals surface area contributed by atoms with E-state index in [0.717, 1.165) is 11.1 Å². The van der Waals surface area contributed by atoms with Crippen LogP contribution >= 0.6 is 0 Å². The van der Waals surface area contributed by atoms with Crippen LogP contribution in [0.25, 0.3) is 11.4 Å². The van der Waals surface area contributed by atoms with Crippen molar-refractivity contribution in [1.82, 2.24) is 10.1 Å². The maximum Gasteiger partial charge on any atom is 0.329 e. The number of aromatic nitrogens is 2. The smallest absolute Gasteiger partial charge is 0.329 e. The molecule has 0 saturated carbocycles. The zero-order valence-corrected chi connectivity index (χ0v) is 9.79. The van der Waals surface area contributed by atoms with Gasteiger partial charge in [0, 0.05) is 5.56 Å². The number of ether oxygens (including phenoxy) is 1. The van der Waals surface area contributed by atoms with Crippen LogP contribution in [-0.2, 0) is 16.1 Å². The number of carbonyl (C=O) groups is 1. The van der Waals surface area contributed by atoms with E-state index >= 15 is 0 Å². The Balaban J connectivity index is 2.06. The Morgan fingerprint density at radius 1 is 1.44 bits per heavy atom. The summed E-state index contributed by atoms with van der Waals surface area (Å²) in [5.74, 6) is -0.301. The van der Waals surface area contributed by atoms with Crippen LogP contribution in [0.2, 0.25) is 0 Å². The zero-order chi connectivity index (χ0) is 13.0. The lowest BCUT2D eigenvalue weighted by molar-refractivity contribution is -0.142. The van der Waals surface area contributed by atoms with E-state index in [1.807, 2.05) is 31.2 Å². The highest BCUT2D eigenvalue weighted by Crippen LogP contribution is 2.19. The number of benzene rings is 1. The molecule has 2 rings (SSSR count). The van der Waals surface area contributed by atoms with Crippen LogP contribution in [-0.4, -0.2) is 27.8 Å². The molecular formula is C12H12N2O4. The normalized spacial score (nSPS) is 10.5. The highest BCUT2D eigenvalue weighted by Gasteiger charge is 2.10. The summed E-state index contributed by atoms with van der Waals surface area (Å²) in [5, 5.41) is 12.3. The highest BCUT2D eigenvalue weighted by atomic mass is 16.5. The van der Waals surface area contributed by atoms with Gasteiger partial charge in [0.25, 0.3) is 5.89 Å². The molecule has 1 N–H and O–H groups in total. The van der Waals surface area contributed by atoms with Crippen molar-refractivity contribution in [1.29, 1.82) is 0 Å². The largest absolute Gasteiger partial charge is 0.480 e. The second-order valence-electron chi connectivity index (χ2n) is 3.71. The predicted molar refractivity (Wildman–Crippen MR) is 61.8 cm³/mol. The van der Waals surface area contributed by atoms with Gasteiger partial charge in [-0.15, -0.1) is 0 Å². The SMILES string of the molecule is Cc1ccccc1-c1noc(COCC(=O)O)n1. The summed E-state index contributed by atoms with van der Waals surface area (Å²) < 4.78 is 9.84. The van der Waals surface area contributed by atoms with Crippen molar-refractivity contribution < 1.29 is 19.2 Å². The summed E-state index contributed by atoms with van der Waals surface area (Å²) >= 11 is 0. The number of carboxylic acids is 1. The molecule has 6 nitrogen and oxygen atoms in total. The molecule has 1 aromatic carbocycles. The third kappa shape index (κ3) is 2.92. The number of rotatable bonds is 5. The van der Waals surface area contributed by atoms with Crippen molar-refractivity contribution >= 4 is 5.97 Å². The minimum atomic E-state index is -1.03. The molecule has 0 bridgehead atoms. The minimum Gasteiger partial charge on any atom is -0.480 e. The quantitative estimate of drug-likeness (QED) is 0.865. The van der Waals surface area contributed by atoms with Crippen LogP contribution in [0.5, 0.6) is 0 Å². The summed E-state index contributed by atoms with van der Waals surface area (Å²) in [5.41, 5.74) is 1.92. The van der Waals surface area contributed by atoms with E-state index in [1.165, 1.54) is 0 Å². The monoisotopic (exact) mass is 248 g/mol. The maximum atomic E-state index is 10.3. The summed E-state index contributed by atoms with van der Waals surface area (Å²) in [6.07, 6.45) is 0. The van der Waals surface area contributed by atoms with Gasteiger partial charge in [0.05, 0.1) is 0 Å². The van der Waals surface area contributed by atoms with Gasteiger partial charge < -0.3 is 14.4 Å². The lowest BCUT2D eigenvalue weighted by Gasteiger charge is -1.98. The average Bonchev–Trinajstić information content (AvgIpc) is 2.78. The van der Waals surface area contributed by atoms with Gasteiger partial charge in [-0.25, -0.2) is 4.79 Å². The van der Waals surface area contributed by atoms with Crippen molar-refractivity contribution in [3.63, 3.8) is 0 Å². The first-order valence-corrected chi connectivity index (χ1v) is 5.35. The Morgan fingerprint density at radius 3 is 2.94 bits per heavy atom. The van der Waals surface area contributed by atoms with E-state index in [9.17, 15) is 4.79 Å². The van der Waals surface area contributed by atoms with Crippen molar-refractivity contribution in [2.45, 2.75) is 13.5 Å². The minimum absolute atomic E-state index is 0.00875. The van der Waals surface area contributed by atoms with Crippen LogP contribution in [0.15, 0.2) is 28.8 Å². The van der Waals surface area contributed by atoms with Gasteiger partial charge in [0.1, 0.15) is 13.2 Å². The summed E-state index contributed by atoms with van der Waals surface area (Å²) in [6.45, 7) is 1.56. The third-order valence-corrected chi connectivity index (χ3v) is 2.31. The number of hydrogen-bond donors (Lipinski definition) is 1. The number of aryl methyl sites for hydroxylation is 1. The molecule has 0 radical (unpaired) electrons. The molecule has 2 aromatic rings. The fraction of sp³-hybridized carbons (Fsp3) is 0.250. The van der Waals surface area contributed by atoms with Crippen LogP contribution in [0.1, 0.15) is 11.5 Å². The van der Waals surface area contributed by atoms with E-state index in [0.29, 0.717) is 5.82 Å². The second kappa shape index (κ2) is 5.42. The number of aliphatic carboxylic acids is 1. The van der Waals surface area contributed by atoms with E-state index in [-0.39, 0.29) is 19.1 Å². The number of carboxylic acid groups (broad SMARTS) is 1. The van der Waals surface area contributed by atoms with Crippen molar-refractivity contribution in [2.24, 2.45) is 0 Å². The lowest BCUT2D eigenvalue weighted by Crippen LogP contribution is -2.06. The Morgan fingerprint density at radius 2 is 2.22 bits per heavy atom. The molecule has 6 heteroatoms. The molecule has 0 saturated heterocycles. The number of nitrogens with zero attached hydrogens (tertiary/aromatic N) is 2. The van der Waals surface area contributed by atoms with Gasteiger partial charge in [0.15, 0.2) is 0 Å². The van der Waals surface area contributed by atoms with Gasteiger partial charge in [-0.2, -0.15) is 4.98 Å². The first-order chi connectivity index (χ1) is 8.66. The lowest BCUT2D eigenvalue weighted by atomic mass is 10.1. The molecule has 0 atom stereocenters. The Bertz CT molecular complexity index is 551. The van der Waals surface area contributed by atoms with Crippen molar-refractivity contribution in [3.8, 4) is 11.4 Å². The molecule has 0 spiro atoms. The van der Waals surface area contributed by atoms with E-state index in [4.69, 9.17) is 14.4 Å². The summed E-state index contributed by atoms with van der Waals surface area (Å²) in [7, 11) is 0. The van der Waals surface area contributed by atoms with E-state index in [2.05, 4.69) is 10.1 Å². The van der Waals surface area contributed by atoms with Crippen molar-refractivity contribution in [3.05, 3.63) is 35.7 Å². The molecule has 18 heavy (non-hydrogen) atoms. The van der Waals surface area contributed by atoms with E-state index in [1.54, 1.807) is 0 Å². The summed E-state index contributed by atoms with van der Waals surface area (Å²) in [4.78, 5) is 14.4. The molecule has 94 valence electrons. The van der Waals surface area contributed by atoms with Crippen LogP contribution in [0, 0.1) is 6.92 Å². The Kier molecular flexibility index (Phi) is 3.69. The average molecular weight is 248 g/mol. The second-order valence-corrected chi connectivity index (χ2v) is 3.71. The van der Waals surface area contributed by atoms with Gasteiger partial charge >= 0.3 is 5.97 Å². The van der Waals surface area contributed by atoms with Gasteiger partial charge in [-0.1, -0.05) is 29.4 Å². The summed E-state index contributed by atoms with van der Waals surface area (Å²) in [6, 6.07) is 7.66. The standard InChI is InChI=1S/C12H12N2O4/c1-8-4-2-3-5-9(8)12-13-10(18-14-12)6-17-7-11(15)16/h2-5H,6-7H2,1H3,(H,15,16). The molecule has 0 amide bonds. The fourth-order valence-electron chi connectivity index (χ4n) is 1.47. The topological polar surface area (TPSA) is 85.5 Å². The number of hydrogen-bond acceptors (Lipinski definition) is 5. The van der Waals surface area contributed by atoms with Crippen LogP contribution in [0.4, 0.5) is 0 Å². The molecule has 0 unspecified atom stereocenters. The maximum absolute atomic E-state index is 10.3. The highest BCUT2D eigenvalue weighted by molar-refractivity contribution is 5.68. The fourth-order valence-corrected chi connectivity index (χ4v) is 1.47. The molecular weight excluding hydrogens is 236 g/mol. The first-order valence-electron chi connectivity index (χ1n) is 5.35. The van der Waals surface area contributed by atoms with Gasteiger partial charge in [-0.3, -0.25) is 0 Å². The van der Waals surface area contributed by atoms with Crippen LogP contribution < -0.4 is 0 Å². The van der Waals surface area contributed by atoms with Gasteiger partial charge in [0.2, 0.25) is 5.82 Å². The van der Waals surface area contributed by atoms with Crippen molar-refractivity contribution in [2.75, 3.05) is 6.61 Å². The Hall–Kier alpha value is -2.21. The molecule has 1 heterocycles. The Labute approximate surface area is 103 Å². The molecule has 0 aliphatic rings. The van der Waals surface area contributed by atoms with E-state index < -0.39 is 5.97 Å². The predicted octanol–water partition coefficient (Wildman–Crippen LogP) is 1.65. The third-order valence-electron chi connectivity index (χ3n) is 2.31. The van der Waals surface area contributed by atoms with Gasteiger partial charge in [-0.05, 0) is 12.5 Å².